The molecule has 5 nitrogen and oxygen atoms in total. The van der Waals surface area contributed by atoms with Crippen molar-refractivity contribution in [2.75, 3.05) is 12.3 Å². The van der Waals surface area contributed by atoms with Gasteiger partial charge in [0.1, 0.15) is 5.65 Å². The molecule has 0 N–H and O–H groups in total. The summed E-state index contributed by atoms with van der Waals surface area (Å²) < 4.78 is 27.4. The van der Waals surface area contributed by atoms with E-state index in [1.165, 1.54) is 0 Å². The normalized spacial score (nSPS) is 16.9. The lowest BCUT2D eigenvalue weighted by molar-refractivity contribution is 0.384. The van der Waals surface area contributed by atoms with E-state index < -0.39 is 10.0 Å². The molecule has 0 saturated carbocycles. The molecule has 0 spiro atoms. The molecule has 0 unspecified atom stereocenters. The third-order valence-electron chi connectivity index (χ3n) is 3.39. The van der Waals surface area contributed by atoms with Crippen LogP contribution in [0.5, 0.6) is 0 Å². The Kier molecular flexibility index (Phi) is 2.64. The lowest BCUT2D eigenvalue weighted by Gasteiger charge is -2.25. The fraction of sp³-hybridized carbons (Fsp3) is 0.417. The van der Waals surface area contributed by atoms with Crippen LogP contribution < -0.4 is 0 Å². The standard InChI is InChI=1S/C12H15N3O2S/c1-2-18(16,17)14-8-6-10-11(9-14)15-7-4-3-5-12(15)13-10/h3-5,7H,2,6,8-9H2,1H3. The van der Waals surface area contributed by atoms with Crippen molar-refractivity contribution in [3.05, 3.63) is 35.8 Å². The van der Waals surface area contributed by atoms with Gasteiger partial charge in [0.15, 0.2) is 0 Å². The van der Waals surface area contributed by atoms with Gasteiger partial charge in [-0.1, -0.05) is 6.07 Å². The molecule has 6 heteroatoms. The molecule has 96 valence electrons. The molecule has 0 fully saturated rings. The van der Waals surface area contributed by atoms with Crippen LogP contribution in [0.4, 0.5) is 0 Å². The summed E-state index contributed by atoms with van der Waals surface area (Å²) in [5.74, 6) is 0.152. The minimum Gasteiger partial charge on any atom is -0.302 e. The number of aromatic nitrogens is 2. The second kappa shape index (κ2) is 4.07. The van der Waals surface area contributed by atoms with Crippen LogP contribution in [0.15, 0.2) is 24.4 Å². The highest BCUT2D eigenvalue weighted by molar-refractivity contribution is 7.89. The summed E-state index contributed by atoms with van der Waals surface area (Å²) in [5, 5.41) is 0. The van der Waals surface area contributed by atoms with Gasteiger partial charge in [0, 0.05) is 19.2 Å². The lowest BCUT2D eigenvalue weighted by atomic mass is 10.2. The number of nitrogens with zero attached hydrogens (tertiary/aromatic N) is 3. The molecule has 3 heterocycles. The van der Waals surface area contributed by atoms with Crippen LogP contribution in [0.3, 0.4) is 0 Å². The zero-order chi connectivity index (χ0) is 12.8. The topological polar surface area (TPSA) is 54.7 Å². The van der Waals surface area contributed by atoms with Gasteiger partial charge in [-0.3, -0.25) is 0 Å². The minimum absolute atomic E-state index is 0.152. The molecular weight excluding hydrogens is 250 g/mol. The zero-order valence-electron chi connectivity index (χ0n) is 10.2. The second-order valence-electron chi connectivity index (χ2n) is 4.42. The first kappa shape index (κ1) is 11.7. The van der Waals surface area contributed by atoms with Crippen molar-refractivity contribution in [3.8, 4) is 0 Å². The van der Waals surface area contributed by atoms with Crippen molar-refractivity contribution in [2.45, 2.75) is 19.9 Å². The van der Waals surface area contributed by atoms with Crippen molar-refractivity contribution in [2.24, 2.45) is 0 Å². The first-order valence-corrected chi connectivity index (χ1v) is 7.65. The fourth-order valence-corrected chi connectivity index (χ4v) is 3.41. The quantitative estimate of drug-likeness (QED) is 0.815. The van der Waals surface area contributed by atoms with Gasteiger partial charge in [0.25, 0.3) is 0 Å². The van der Waals surface area contributed by atoms with Crippen LogP contribution in [0.25, 0.3) is 5.65 Å². The number of pyridine rings is 1. The Morgan fingerprint density at radius 3 is 3.00 bits per heavy atom. The second-order valence-corrected chi connectivity index (χ2v) is 6.68. The van der Waals surface area contributed by atoms with E-state index in [0.29, 0.717) is 19.5 Å². The first-order valence-electron chi connectivity index (χ1n) is 6.04. The van der Waals surface area contributed by atoms with Crippen LogP contribution in [0, 0.1) is 0 Å². The van der Waals surface area contributed by atoms with Gasteiger partial charge in [0.05, 0.1) is 23.7 Å². The molecule has 0 aliphatic carbocycles. The maximum absolute atomic E-state index is 11.9. The predicted octanol–water partition coefficient (Wildman–Crippen LogP) is 1.04. The van der Waals surface area contributed by atoms with E-state index in [9.17, 15) is 8.42 Å². The average molecular weight is 265 g/mol. The predicted molar refractivity (Wildman–Crippen MR) is 68.8 cm³/mol. The molecule has 2 aromatic rings. The number of rotatable bonds is 2. The Hall–Kier alpha value is -1.40. The fourth-order valence-electron chi connectivity index (χ4n) is 2.36. The van der Waals surface area contributed by atoms with Gasteiger partial charge in [-0.15, -0.1) is 0 Å². The number of imidazole rings is 1. The van der Waals surface area contributed by atoms with Crippen molar-refractivity contribution in [3.63, 3.8) is 0 Å². The molecule has 2 aromatic heterocycles. The van der Waals surface area contributed by atoms with Gasteiger partial charge < -0.3 is 4.40 Å². The van der Waals surface area contributed by atoms with Crippen LogP contribution in [-0.2, 0) is 23.0 Å². The molecule has 3 rings (SSSR count). The average Bonchev–Trinajstić information content (AvgIpc) is 2.76. The van der Waals surface area contributed by atoms with Crippen molar-refractivity contribution >= 4 is 15.7 Å². The molecule has 0 aromatic carbocycles. The monoisotopic (exact) mass is 265 g/mol. The summed E-state index contributed by atoms with van der Waals surface area (Å²) in [4.78, 5) is 4.54. The Labute approximate surface area is 106 Å². The van der Waals surface area contributed by atoms with Crippen LogP contribution in [0.1, 0.15) is 18.3 Å². The van der Waals surface area contributed by atoms with Gasteiger partial charge in [-0.05, 0) is 19.1 Å². The summed E-state index contributed by atoms with van der Waals surface area (Å²) in [5.41, 5.74) is 2.90. The summed E-state index contributed by atoms with van der Waals surface area (Å²) in [7, 11) is -3.12. The van der Waals surface area contributed by atoms with Crippen molar-refractivity contribution in [1.29, 1.82) is 0 Å². The van der Waals surface area contributed by atoms with E-state index in [2.05, 4.69) is 4.98 Å². The summed E-state index contributed by atoms with van der Waals surface area (Å²) in [6.07, 6.45) is 2.62. The Bertz CT molecular complexity index is 690. The molecule has 0 radical (unpaired) electrons. The maximum atomic E-state index is 11.9. The molecule has 0 atom stereocenters. The maximum Gasteiger partial charge on any atom is 0.214 e. The third kappa shape index (κ3) is 1.72. The molecule has 0 saturated heterocycles. The number of hydrogen-bond donors (Lipinski definition) is 0. The molecule has 1 aliphatic heterocycles. The van der Waals surface area contributed by atoms with E-state index in [1.54, 1.807) is 11.2 Å². The molecule has 0 amide bonds. The number of fused-ring (bicyclic) bond motifs is 3. The Balaban J connectivity index is 2.07. The first-order chi connectivity index (χ1) is 8.62. The van der Waals surface area contributed by atoms with E-state index in [-0.39, 0.29) is 5.75 Å². The van der Waals surface area contributed by atoms with Crippen molar-refractivity contribution in [1.82, 2.24) is 13.7 Å². The Morgan fingerprint density at radius 2 is 2.22 bits per heavy atom. The highest BCUT2D eigenvalue weighted by Gasteiger charge is 2.28. The summed E-state index contributed by atoms with van der Waals surface area (Å²) in [6.45, 7) is 2.64. The van der Waals surface area contributed by atoms with Gasteiger partial charge >= 0.3 is 0 Å². The van der Waals surface area contributed by atoms with Crippen LogP contribution in [-0.4, -0.2) is 34.4 Å². The molecule has 1 aliphatic rings. The van der Waals surface area contributed by atoms with Gasteiger partial charge in [-0.25, -0.2) is 13.4 Å². The van der Waals surface area contributed by atoms with Gasteiger partial charge in [-0.2, -0.15) is 4.31 Å². The summed E-state index contributed by atoms with van der Waals surface area (Å²) in [6, 6.07) is 5.81. The van der Waals surface area contributed by atoms with E-state index in [0.717, 1.165) is 17.0 Å². The van der Waals surface area contributed by atoms with Crippen molar-refractivity contribution < 1.29 is 8.42 Å². The zero-order valence-corrected chi connectivity index (χ0v) is 11.0. The SMILES string of the molecule is CCS(=O)(=O)N1CCc2nc3ccccn3c2C1. The highest BCUT2D eigenvalue weighted by Crippen LogP contribution is 2.22. The Morgan fingerprint density at radius 1 is 1.39 bits per heavy atom. The molecule has 0 bridgehead atoms. The molecular formula is C12H15N3O2S. The smallest absolute Gasteiger partial charge is 0.214 e. The minimum atomic E-state index is -3.12. The number of hydrogen-bond acceptors (Lipinski definition) is 3. The van der Waals surface area contributed by atoms with E-state index in [4.69, 9.17) is 0 Å². The van der Waals surface area contributed by atoms with E-state index >= 15 is 0 Å². The third-order valence-corrected chi connectivity index (χ3v) is 5.22. The van der Waals surface area contributed by atoms with Gasteiger partial charge in [0.2, 0.25) is 10.0 Å². The van der Waals surface area contributed by atoms with E-state index in [1.807, 2.05) is 28.8 Å². The molecule has 18 heavy (non-hydrogen) atoms. The van der Waals surface area contributed by atoms with Crippen LogP contribution in [0.2, 0.25) is 0 Å². The summed E-state index contributed by atoms with van der Waals surface area (Å²) >= 11 is 0. The highest BCUT2D eigenvalue weighted by atomic mass is 32.2. The van der Waals surface area contributed by atoms with Crippen LogP contribution >= 0.6 is 0 Å². The number of sulfonamides is 1. The largest absolute Gasteiger partial charge is 0.302 e. The lowest BCUT2D eigenvalue weighted by Crippen LogP contribution is -2.37.